The SMILES string of the molecule is COc1ccc(N2CCN(c3cccc(Br)n3)CC2)cc1. The normalized spacial score (nSPS) is 15.1. The van der Waals surface area contributed by atoms with E-state index in [2.05, 4.69) is 48.9 Å². The number of hydrogen-bond donors (Lipinski definition) is 0. The fourth-order valence-corrected chi connectivity index (χ4v) is 2.89. The summed E-state index contributed by atoms with van der Waals surface area (Å²) in [5.74, 6) is 1.94. The van der Waals surface area contributed by atoms with Crippen molar-refractivity contribution in [2.75, 3.05) is 43.1 Å². The van der Waals surface area contributed by atoms with Crippen LogP contribution < -0.4 is 14.5 Å². The molecule has 2 aromatic rings. The number of pyridine rings is 1. The third kappa shape index (κ3) is 3.29. The maximum atomic E-state index is 5.20. The van der Waals surface area contributed by atoms with Crippen LogP contribution in [0, 0.1) is 0 Å². The van der Waals surface area contributed by atoms with Gasteiger partial charge >= 0.3 is 0 Å². The van der Waals surface area contributed by atoms with Gasteiger partial charge in [0.1, 0.15) is 16.2 Å². The van der Waals surface area contributed by atoms with Gasteiger partial charge in [0.2, 0.25) is 0 Å². The fraction of sp³-hybridized carbons (Fsp3) is 0.312. The first-order chi connectivity index (χ1) is 10.3. The van der Waals surface area contributed by atoms with Crippen molar-refractivity contribution in [1.29, 1.82) is 0 Å². The number of anilines is 2. The molecule has 0 amide bonds. The maximum absolute atomic E-state index is 5.20. The van der Waals surface area contributed by atoms with Gasteiger partial charge in [0.05, 0.1) is 7.11 Å². The highest BCUT2D eigenvalue weighted by molar-refractivity contribution is 9.10. The van der Waals surface area contributed by atoms with E-state index >= 15 is 0 Å². The van der Waals surface area contributed by atoms with Gasteiger partial charge in [-0.2, -0.15) is 0 Å². The molecular formula is C16H18BrN3O. The van der Waals surface area contributed by atoms with E-state index in [0.29, 0.717) is 0 Å². The summed E-state index contributed by atoms with van der Waals surface area (Å²) in [6.07, 6.45) is 0. The molecule has 1 aliphatic heterocycles. The molecule has 21 heavy (non-hydrogen) atoms. The second kappa shape index (κ2) is 6.35. The van der Waals surface area contributed by atoms with Gasteiger partial charge in [-0.15, -0.1) is 0 Å². The molecule has 1 saturated heterocycles. The minimum atomic E-state index is 0.887. The van der Waals surface area contributed by atoms with Gasteiger partial charge in [-0.3, -0.25) is 0 Å². The summed E-state index contributed by atoms with van der Waals surface area (Å²) in [7, 11) is 1.69. The Morgan fingerprint density at radius 1 is 0.952 bits per heavy atom. The van der Waals surface area contributed by atoms with Crippen molar-refractivity contribution in [3.63, 3.8) is 0 Å². The zero-order chi connectivity index (χ0) is 14.7. The molecule has 0 unspecified atom stereocenters. The lowest BCUT2D eigenvalue weighted by atomic mass is 10.2. The number of ether oxygens (including phenoxy) is 1. The Balaban J connectivity index is 1.64. The molecule has 5 heteroatoms. The summed E-state index contributed by atoms with van der Waals surface area (Å²) >= 11 is 3.43. The number of benzene rings is 1. The summed E-state index contributed by atoms with van der Waals surface area (Å²) in [5.41, 5.74) is 1.25. The summed E-state index contributed by atoms with van der Waals surface area (Å²) in [6.45, 7) is 3.96. The molecule has 1 aliphatic rings. The van der Waals surface area contributed by atoms with E-state index in [1.165, 1.54) is 5.69 Å². The predicted molar refractivity (Wildman–Crippen MR) is 89.4 cm³/mol. The molecule has 0 N–H and O–H groups in total. The van der Waals surface area contributed by atoms with Gasteiger partial charge in [-0.1, -0.05) is 6.07 Å². The molecule has 0 bridgehead atoms. The first-order valence-electron chi connectivity index (χ1n) is 7.03. The highest BCUT2D eigenvalue weighted by atomic mass is 79.9. The second-order valence-corrected chi connectivity index (χ2v) is 5.80. The molecule has 1 fully saturated rings. The van der Waals surface area contributed by atoms with Gasteiger partial charge in [-0.05, 0) is 52.3 Å². The van der Waals surface area contributed by atoms with E-state index < -0.39 is 0 Å². The average Bonchev–Trinajstić information content (AvgIpc) is 2.55. The van der Waals surface area contributed by atoms with E-state index in [0.717, 1.165) is 42.3 Å². The average molecular weight is 348 g/mol. The Labute approximate surface area is 133 Å². The number of aromatic nitrogens is 1. The summed E-state index contributed by atoms with van der Waals surface area (Å²) in [5, 5.41) is 0. The van der Waals surface area contributed by atoms with Gasteiger partial charge in [0.25, 0.3) is 0 Å². The first-order valence-corrected chi connectivity index (χ1v) is 7.82. The zero-order valence-corrected chi connectivity index (χ0v) is 13.6. The molecule has 2 heterocycles. The van der Waals surface area contributed by atoms with Crippen molar-refractivity contribution in [1.82, 2.24) is 4.98 Å². The van der Waals surface area contributed by atoms with Gasteiger partial charge in [0.15, 0.2) is 0 Å². The van der Waals surface area contributed by atoms with E-state index in [9.17, 15) is 0 Å². The zero-order valence-electron chi connectivity index (χ0n) is 12.0. The Morgan fingerprint density at radius 2 is 1.62 bits per heavy atom. The molecule has 0 radical (unpaired) electrons. The number of rotatable bonds is 3. The molecule has 1 aromatic carbocycles. The molecule has 0 spiro atoms. The molecule has 3 rings (SSSR count). The van der Waals surface area contributed by atoms with Gasteiger partial charge in [0, 0.05) is 31.9 Å². The fourth-order valence-electron chi connectivity index (χ4n) is 2.56. The van der Waals surface area contributed by atoms with Crippen molar-refractivity contribution >= 4 is 27.4 Å². The third-order valence-corrected chi connectivity index (χ3v) is 4.18. The first kappa shape index (κ1) is 14.2. The van der Waals surface area contributed by atoms with Crippen LogP contribution in [0.4, 0.5) is 11.5 Å². The van der Waals surface area contributed by atoms with E-state index in [-0.39, 0.29) is 0 Å². The minimum absolute atomic E-state index is 0.887. The largest absolute Gasteiger partial charge is 0.497 e. The number of halogens is 1. The maximum Gasteiger partial charge on any atom is 0.129 e. The Hall–Kier alpha value is -1.75. The van der Waals surface area contributed by atoms with Crippen molar-refractivity contribution in [3.8, 4) is 5.75 Å². The lowest BCUT2D eigenvalue weighted by molar-refractivity contribution is 0.415. The lowest BCUT2D eigenvalue weighted by Crippen LogP contribution is -2.46. The van der Waals surface area contributed by atoms with Crippen LogP contribution in [-0.2, 0) is 0 Å². The van der Waals surface area contributed by atoms with Crippen molar-refractivity contribution < 1.29 is 4.74 Å². The van der Waals surface area contributed by atoms with Crippen molar-refractivity contribution in [3.05, 3.63) is 47.1 Å². The van der Waals surface area contributed by atoms with Crippen LogP contribution in [0.15, 0.2) is 47.1 Å². The number of piperazine rings is 1. The molecule has 0 saturated carbocycles. The van der Waals surface area contributed by atoms with Crippen LogP contribution in [0.3, 0.4) is 0 Å². The quantitative estimate of drug-likeness (QED) is 0.797. The van der Waals surface area contributed by atoms with E-state index in [1.807, 2.05) is 24.3 Å². The molecule has 1 aromatic heterocycles. The van der Waals surface area contributed by atoms with E-state index in [4.69, 9.17) is 4.74 Å². The monoisotopic (exact) mass is 347 g/mol. The second-order valence-electron chi connectivity index (χ2n) is 4.99. The van der Waals surface area contributed by atoms with Crippen LogP contribution in [0.2, 0.25) is 0 Å². The Morgan fingerprint density at radius 3 is 2.24 bits per heavy atom. The van der Waals surface area contributed by atoms with Crippen LogP contribution in [-0.4, -0.2) is 38.3 Å². The number of methoxy groups -OCH3 is 1. The van der Waals surface area contributed by atoms with Crippen LogP contribution in [0.5, 0.6) is 5.75 Å². The van der Waals surface area contributed by atoms with Crippen molar-refractivity contribution in [2.45, 2.75) is 0 Å². The van der Waals surface area contributed by atoms with Gasteiger partial charge < -0.3 is 14.5 Å². The molecule has 4 nitrogen and oxygen atoms in total. The summed E-state index contributed by atoms with van der Waals surface area (Å²) in [4.78, 5) is 9.25. The summed E-state index contributed by atoms with van der Waals surface area (Å²) < 4.78 is 6.09. The Kier molecular flexibility index (Phi) is 4.29. The van der Waals surface area contributed by atoms with Crippen LogP contribution in [0.25, 0.3) is 0 Å². The van der Waals surface area contributed by atoms with Gasteiger partial charge in [-0.25, -0.2) is 4.98 Å². The molecule has 0 aliphatic carbocycles. The Bertz CT molecular complexity index is 595. The van der Waals surface area contributed by atoms with Crippen molar-refractivity contribution in [2.24, 2.45) is 0 Å². The molecule has 110 valence electrons. The minimum Gasteiger partial charge on any atom is -0.497 e. The molecular weight excluding hydrogens is 330 g/mol. The predicted octanol–water partition coefficient (Wildman–Crippen LogP) is 3.18. The molecule has 0 atom stereocenters. The van der Waals surface area contributed by atoms with Crippen LogP contribution in [0.1, 0.15) is 0 Å². The highest BCUT2D eigenvalue weighted by Gasteiger charge is 2.18. The standard InChI is InChI=1S/C16H18BrN3O/c1-21-14-7-5-13(6-8-14)19-9-11-20(12-10-19)16-4-2-3-15(17)18-16/h2-8H,9-12H2,1H3. The number of hydrogen-bond acceptors (Lipinski definition) is 4. The van der Waals surface area contributed by atoms with Crippen LogP contribution >= 0.6 is 15.9 Å². The smallest absolute Gasteiger partial charge is 0.129 e. The third-order valence-electron chi connectivity index (χ3n) is 3.74. The lowest BCUT2D eigenvalue weighted by Gasteiger charge is -2.36. The highest BCUT2D eigenvalue weighted by Crippen LogP contribution is 2.22. The number of nitrogens with zero attached hydrogens (tertiary/aromatic N) is 3. The van der Waals surface area contributed by atoms with E-state index in [1.54, 1.807) is 7.11 Å². The topological polar surface area (TPSA) is 28.6 Å². The summed E-state index contributed by atoms with van der Waals surface area (Å²) in [6, 6.07) is 14.3.